The zero-order valence-corrected chi connectivity index (χ0v) is 21.6. The molecule has 0 amide bonds. The summed E-state index contributed by atoms with van der Waals surface area (Å²) >= 11 is 0. The van der Waals surface area contributed by atoms with Crippen molar-refractivity contribution in [2.24, 2.45) is 7.05 Å². The van der Waals surface area contributed by atoms with Gasteiger partial charge in [0.2, 0.25) is 5.95 Å². The third-order valence-electron chi connectivity index (χ3n) is 6.45. The van der Waals surface area contributed by atoms with Crippen molar-refractivity contribution in [2.75, 3.05) is 62.1 Å². The first-order valence-electron chi connectivity index (χ1n) is 11.8. The lowest BCUT2D eigenvalue weighted by Gasteiger charge is -2.34. The minimum Gasteiger partial charge on any atom is -0.369 e. The predicted molar refractivity (Wildman–Crippen MR) is 147 cm³/mol. The van der Waals surface area contributed by atoms with Crippen molar-refractivity contribution < 1.29 is 4.57 Å². The Bertz CT molecular complexity index is 1380. The van der Waals surface area contributed by atoms with Crippen LogP contribution in [0.4, 0.5) is 28.8 Å². The number of benzene rings is 2. The Morgan fingerprint density at radius 3 is 2.29 bits per heavy atom. The Kier molecular flexibility index (Phi) is 6.26. The normalized spacial score (nSPS) is 14.9. The van der Waals surface area contributed by atoms with E-state index in [1.165, 1.54) is 5.69 Å². The zero-order chi connectivity index (χ0) is 24.6. The van der Waals surface area contributed by atoms with Crippen LogP contribution in [-0.4, -0.2) is 66.0 Å². The van der Waals surface area contributed by atoms with Gasteiger partial charge in [0, 0.05) is 56.1 Å². The minimum atomic E-state index is -2.47. The molecule has 0 aliphatic carbocycles. The number of rotatable bonds is 6. The average molecular weight is 490 g/mol. The van der Waals surface area contributed by atoms with E-state index in [0.29, 0.717) is 11.8 Å². The molecule has 182 valence electrons. The summed E-state index contributed by atoms with van der Waals surface area (Å²) < 4.78 is 14.9. The first-order valence-corrected chi connectivity index (χ1v) is 14.4. The SMILES string of the molecule is CN1CCN(c2ccc(Nc3nc(Nc4ccccc4P(C)(C)=O)c4c(ccn4C)n3)cc2)CC1. The van der Waals surface area contributed by atoms with Crippen LogP contribution in [0.2, 0.25) is 0 Å². The maximum absolute atomic E-state index is 12.9. The Morgan fingerprint density at radius 1 is 0.857 bits per heavy atom. The molecule has 3 heterocycles. The molecule has 1 aliphatic rings. The van der Waals surface area contributed by atoms with E-state index in [-0.39, 0.29) is 0 Å². The molecule has 0 bridgehead atoms. The van der Waals surface area contributed by atoms with Crippen LogP contribution in [0.5, 0.6) is 0 Å². The van der Waals surface area contributed by atoms with E-state index >= 15 is 0 Å². The average Bonchev–Trinajstić information content (AvgIpc) is 3.20. The maximum atomic E-state index is 12.9. The molecule has 1 aliphatic heterocycles. The van der Waals surface area contributed by atoms with E-state index in [9.17, 15) is 4.57 Å². The molecule has 5 rings (SSSR count). The Morgan fingerprint density at radius 2 is 1.57 bits per heavy atom. The molecule has 8 nitrogen and oxygen atoms in total. The summed E-state index contributed by atoms with van der Waals surface area (Å²) in [5.41, 5.74) is 4.67. The van der Waals surface area contributed by atoms with Gasteiger partial charge in [-0.25, -0.2) is 4.98 Å². The molecule has 2 N–H and O–H groups in total. The van der Waals surface area contributed by atoms with Crippen molar-refractivity contribution >= 4 is 52.3 Å². The smallest absolute Gasteiger partial charge is 0.229 e. The number of hydrogen-bond acceptors (Lipinski definition) is 7. The number of likely N-dealkylation sites (N-methyl/N-ethyl adjacent to an activating group) is 1. The molecule has 35 heavy (non-hydrogen) atoms. The van der Waals surface area contributed by atoms with Crippen LogP contribution in [0.3, 0.4) is 0 Å². The Hall–Kier alpha value is -3.35. The van der Waals surface area contributed by atoms with E-state index in [1.54, 1.807) is 13.3 Å². The van der Waals surface area contributed by atoms with Crippen LogP contribution in [0.1, 0.15) is 0 Å². The summed E-state index contributed by atoms with van der Waals surface area (Å²) in [6.45, 7) is 7.80. The monoisotopic (exact) mass is 489 g/mol. The van der Waals surface area contributed by atoms with Crippen LogP contribution in [0.25, 0.3) is 11.0 Å². The lowest BCUT2D eigenvalue weighted by Crippen LogP contribution is -2.44. The second-order valence-electron chi connectivity index (χ2n) is 9.51. The second-order valence-corrected chi connectivity index (χ2v) is 12.7. The Balaban J connectivity index is 1.43. The molecule has 0 saturated carbocycles. The lowest BCUT2D eigenvalue weighted by molar-refractivity contribution is 0.313. The standard InChI is InChI=1S/C26H32N7OP/c1-31-15-17-33(18-16-31)20-11-9-19(10-12-20)27-26-29-22-13-14-32(2)24(22)25(30-26)28-21-7-5-6-8-23(21)35(3,4)34/h5-14H,15-18H2,1-4H3,(H2,27,28,29,30). The van der Waals surface area contributed by atoms with Gasteiger partial charge in [0.1, 0.15) is 12.7 Å². The third-order valence-corrected chi connectivity index (χ3v) is 8.00. The lowest BCUT2D eigenvalue weighted by atomic mass is 10.2. The minimum absolute atomic E-state index is 0.507. The van der Waals surface area contributed by atoms with Gasteiger partial charge in [-0.1, -0.05) is 12.1 Å². The molecule has 2 aromatic heterocycles. The fourth-order valence-electron chi connectivity index (χ4n) is 4.46. The van der Waals surface area contributed by atoms with E-state index in [1.807, 2.05) is 48.1 Å². The fourth-order valence-corrected chi connectivity index (χ4v) is 5.62. The van der Waals surface area contributed by atoms with Gasteiger partial charge in [-0.15, -0.1) is 0 Å². The first-order chi connectivity index (χ1) is 16.8. The molecule has 1 fully saturated rings. The van der Waals surface area contributed by atoms with Gasteiger partial charge < -0.3 is 29.6 Å². The highest BCUT2D eigenvalue weighted by atomic mass is 31.2. The first kappa shape index (κ1) is 23.4. The molecular formula is C26H32N7OP. The molecule has 0 spiro atoms. The summed E-state index contributed by atoms with van der Waals surface area (Å²) in [7, 11) is 1.66. The van der Waals surface area contributed by atoms with Gasteiger partial charge in [-0.05, 0) is 62.8 Å². The van der Waals surface area contributed by atoms with Gasteiger partial charge >= 0.3 is 0 Å². The number of nitrogens with one attached hydrogen (secondary N) is 2. The summed E-state index contributed by atoms with van der Waals surface area (Å²) in [5.74, 6) is 1.17. The summed E-state index contributed by atoms with van der Waals surface area (Å²) in [6, 6.07) is 18.1. The quantitative estimate of drug-likeness (QED) is 0.387. The summed E-state index contributed by atoms with van der Waals surface area (Å²) in [4.78, 5) is 14.3. The highest BCUT2D eigenvalue weighted by Gasteiger charge is 2.19. The van der Waals surface area contributed by atoms with E-state index in [0.717, 1.165) is 53.9 Å². The number of fused-ring (bicyclic) bond motifs is 1. The number of aromatic nitrogens is 3. The molecule has 1 saturated heterocycles. The van der Waals surface area contributed by atoms with Crippen LogP contribution in [-0.2, 0) is 11.6 Å². The van der Waals surface area contributed by atoms with E-state index < -0.39 is 7.14 Å². The summed E-state index contributed by atoms with van der Waals surface area (Å²) in [6.07, 6.45) is 1.97. The topological polar surface area (TPSA) is 78.3 Å². The van der Waals surface area contributed by atoms with Gasteiger partial charge in [-0.2, -0.15) is 4.98 Å². The largest absolute Gasteiger partial charge is 0.369 e. The van der Waals surface area contributed by atoms with Crippen LogP contribution in [0, 0.1) is 0 Å². The number of aryl methyl sites for hydroxylation is 1. The number of anilines is 5. The van der Waals surface area contributed by atoms with E-state index in [2.05, 4.69) is 51.7 Å². The van der Waals surface area contributed by atoms with Crippen molar-refractivity contribution in [3.05, 3.63) is 60.8 Å². The maximum Gasteiger partial charge on any atom is 0.229 e. The van der Waals surface area contributed by atoms with Crippen molar-refractivity contribution in [3.63, 3.8) is 0 Å². The molecule has 9 heteroatoms. The predicted octanol–water partition coefficient (Wildman–Crippen LogP) is 4.46. The molecule has 0 unspecified atom stereocenters. The second kappa shape index (κ2) is 9.36. The number of para-hydroxylation sites is 1. The number of piperazine rings is 1. The Labute approximate surface area is 206 Å². The highest BCUT2D eigenvalue weighted by molar-refractivity contribution is 7.70. The number of hydrogen-bond donors (Lipinski definition) is 2. The van der Waals surface area contributed by atoms with Crippen molar-refractivity contribution in [1.82, 2.24) is 19.4 Å². The number of nitrogens with zero attached hydrogens (tertiary/aromatic N) is 5. The van der Waals surface area contributed by atoms with Crippen molar-refractivity contribution in [2.45, 2.75) is 0 Å². The van der Waals surface area contributed by atoms with Gasteiger partial charge in [-0.3, -0.25) is 0 Å². The van der Waals surface area contributed by atoms with Crippen molar-refractivity contribution in [1.29, 1.82) is 0 Å². The van der Waals surface area contributed by atoms with E-state index in [4.69, 9.17) is 9.97 Å². The highest BCUT2D eigenvalue weighted by Crippen LogP contribution is 2.38. The molecule has 0 atom stereocenters. The summed E-state index contributed by atoms with van der Waals surface area (Å²) in [5, 5.41) is 7.60. The van der Waals surface area contributed by atoms with Gasteiger partial charge in [0.25, 0.3) is 0 Å². The fraction of sp³-hybridized carbons (Fsp3) is 0.308. The third kappa shape index (κ3) is 5.04. The molecule has 2 aromatic carbocycles. The zero-order valence-electron chi connectivity index (χ0n) is 20.7. The van der Waals surface area contributed by atoms with Crippen LogP contribution < -0.4 is 20.8 Å². The molecule has 0 radical (unpaired) electrons. The molecule has 4 aromatic rings. The molecular weight excluding hydrogens is 457 g/mol. The van der Waals surface area contributed by atoms with Gasteiger partial charge in [0.05, 0.1) is 11.2 Å². The van der Waals surface area contributed by atoms with Gasteiger partial charge in [0.15, 0.2) is 5.82 Å². The van der Waals surface area contributed by atoms with Crippen molar-refractivity contribution in [3.8, 4) is 0 Å². The van der Waals surface area contributed by atoms with Crippen LogP contribution >= 0.6 is 7.14 Å². The van der Waals surface area contributed by atoms with Crippen LogP contribution in [0.15, 0.2) is 60.8 Å².